The molecule has 0 aliphatic heterocycles. The van der Waals surface area contributed by atoms with E-state index in [2.05, 4.69) is 11.9 Å². The van der Waals surface area contributed by atoms with Crippen LogP contribution in [-0.2, 0) is 28.9 Å². The van der Waals surface area contributed by atoms with Gasteiger partial charge in [0.25, 0.3) is 5.56 Å². The largest absolute Gasteiger partial charge is 0.383 e. The van der Waals surface area contributed by atoms with E-state index in [-0.39, 0.29) is 16.7 Å². The van der Waals surface area contributed by atoms with Gasteiger partial charge >= 0.3 is 0 Å². The van der Waals surface area contributed by atoms with Gasteiger partial charge in [-0.3, -0.25) is 14.2 Å². The van der Waals surface area contributed by atoms with Gasteiger partial charge in [-0.05, 0) is 38.2 Å². The molecule has 146 valence electrons. The maximum atomic E-state index is 13.2. The summed E-state index contributed by atoms with van der Waals surface area (Å²) >= 11 is 2.94. The predicted molar refractivity (Wildman–Crippen MR) is 111 cm³/mol. The Morgan fingerprint density at radius 2 is 2.26 bits per heavy atom. The summed E-state index contributed by atoms with van der Waals surface area (Å²) in [7, 11) is 1.60. The Balaban J connectivity index is 1.94. The van der Waals surface area contributed by atoms with E-state index in [1.54, 1.807) is 29.1 Å². The van der Waals surface area contributed by atoms with Crippen LogP contribution in [0.5, 0.6) is 0 Å². The van der Waals surface area contributed by atoms with Crippen molar-refractivity contribution in [3.63, 3.8) is 0 Å². The second kappa shape index (κ2) is 9.03. The van der Waals surface area contributed by atoms with Crippen LogP contribution in [0, 0.1) is 0 Å². The van der Waals surface area contributed by atoms with Crippen molar-refractivity contribution in [2.24, 2.45) is 0 Å². The van der Waals surface area contributed by atoms with Crippen LogP contribution in [-0.4, -0.2) is 41.0 Å². The molecular weight excluding hydrogens is 382 g/mol. The lowest BCUT2D eigenvalue weighted by molar-refractivity contribution is -0.120. The molecule has 0 fully saturated rings. The fourth-order valence-corrected chi connectivity index (χ4v) is 5.48. The average molecular weight is 408 g/mol. The molecule has 27 heavy (non-hydrogen) atoms. The SMILES string of the molecule is C=CCn1c(S[C@@H](C)C(=O)NCCOC)nc2sc3c(c2c1=O)CCCC3. The molecule has 2 aromatic heterocycles. The summed E-state index contributed by atoms with van der Waals surface area (Å²) in [4.78, 5) is 32.3. The summed E-state index contributed by atoms with van der Waals surface area (Å²) in [5, 5.41) is 3.80. The Morgan fingerprint density at radius 3 is 3.00 bits per heavy atom. The van der Waals surface area contributed by atoms with Crippen LogP contribution in [0.25, 0.3) is 10.2 Å². The van der Waals surface area contributed by atoms with E-state index in [4.69, 9.17) is 9.72 Å². The van der Waals surface area contributed by atoms with Gasteiger partial charge in [-0.25, -0.2) is 4.98 Å². The summed E-state index contributed by atoms with van der Waals surface area (Å²) < 4.78 is 6.60. The smallest absolute Gasteiger partial charge is 0.263 e. The number of allylic oxidation sites excluding steroid dienone is 1. The number of carbonyl (C=O) groups is 1. The predicted octanol–water partition coefficient (Wildman–Crippen LogP) is 2.77. The van der Waals surface area contributed by atoms with Crippen LogP contribution in [0.3, 0.4) is 0 Å². The second-order valence-electron chi connectivity index (χ2n) is 6.53. The molecule has 0 bridgehead atoms. The van der Waals surface area contributed by atoms with Gasteiger partial charge in [-0.2, -0.15) is 0 Å². The minimum absolute atomic E-state index is 0.0196. The van der Waals surface area contributed by atoms with Gasteiger partial charge in [0.2, 0.25) is 5.91 Å². The zero-order valence-corrected chi connectivity index (χ0v) is 17.4. The highest BCUT2D eigenvalue weighted by molar-refractivity contribution is 8.00. The standard InChI is InChI=1S/C19H25N3O3S2/c1-4-10-22-18(24)15-13-7-5-6-8-14(13)27-17(15)21-19(22)26-12(2)16(23)20-9-11-25-3/h4,12H,1,5-11H2,2-3H3,(H,20,23)/t12-/m0/s1. The number of fused-ring (bicyclic) bond motifs is 3. The Hall–Kier alpha value is -1.64. The van der Waals surface area contributed by atoms with Gasteiger partial charge in [-0.1, -0.05) is 17.8 Å². The van der Waals surface area contributed by atoms with Gasteiger partial charge in [0, 0.05) is 25.1 Å². The summed E-state index contributed by atoms with van der Waals surface area (Å²) in [6.45, 7) is 6.90. The first-order valence-corrected chi connectivity index (χ1v) is 10.9. The summed E-state index contributed by atoms with van der Waals surface area (Å²) in [5.74, 6) is -0.0953. The number of rotatable bonds is 8. The zero-order chi connectivity index (χ0) is 19.4. The van der Waals surface area contributed by atoms with Crippen LogP contribution in [0.15, 0.2) is 22.6 Å². The molecule has 2 heterocycles. The van der Waals surface area contributed by atoms with Crippen molar-refractivity contribution >= 4 is 39.2 Å². The highest BCUT2D eigenvalue weighted by atomic mass is 32.2. The van der Waals surface area contributed by atoms with Gasteiger partial charge in [0.15, 0.2) is 5.16 Å². The van der Waals surface area contributed by atoms with Crippen LogP contribution in [0.4, 0.5) is 0 Å². The molecule has 0 saturated carbocycles. The third-order valence-corrected chi connectivity index (χ3v) is 6.88. The van der Waals surface area contributed by atoms with Gasteiger partial charge in [-0.15, -0.1) is 17.9 Å². The van der Waals surface area contributed by atoms with E-state index < -0.39 is 0 Å². The van der Waals surface area contributed by atoms with Crippen molar-refractivity contribution in [3.8, 4) is 0 Å². The van der Waals surface area contributed by atoms with E-state index in [1.165, 1.54) is 28.6 Å². The van der Waals surface area contributed by atoms with Crippen molar-refractivity contribution in [2.45, 2.75) is 49.6 Å². The lowest BCUT2D eigenvalue weighted by Crippen LogP contribution is -2.34. The normalized spacial score (nSPS) is 14.7. The van der Waals surface area contributed by atoms with E-state index in [9.17, 15) is 9.59 Å². The lowest BCUT2D eigenvalue weighted by atomic mass is 9.97. The molecule has 0 aromatic carbocycles. The zero-order valence-electron chi connectivity index (χ0n) is 15.7. The first-order chi connectivity index (χ1) is 13.1. The molecule has 1 aliphatic rings. The molecule has 0 unspecified atom stereocenters. The Bertz CT molecular complexity index is 904. The Morgan fingerprint density at radius 1 is 1.48 bits per heavy atom. The highest BCUT2D eigenvalue weighted by Gasteiger charge is 2.24. The van der Waals surface area contributed by atoms with Crippen molar-refractivity contribution in [3.05, 3.63) is 33.4 Å². The summed E-state index contributed by atoms with van der Waals surface area (Å²) in [6, 6.07) is 0. The number of hydrogen-bond donors (Lipinski definition) is 1. The summed E-state index contributed by atoms with van der Waals surface area (Å²) in [6.07, 6.45) is 5.96. The second-order valence-corrected chi connectivity index (χ2v) is 8.93. The number of carbonyl (C=O) groups excluding carboxylic acids is 1. The number of amides is 1. The van der Waals surface area contributed by atoms with Crippen LogP contribution in [0.1, 0.15) is 30.2 Å². The van der Waals surface area contributed by atoms with Crippen LogP contribution in [0.2, 0.25) is 0 Å². The van der Waals surface area contributed by atoms with Crippen LogP contribution >= 0.6 is 23.1 Å². The number of hydrogen-bond acceptors (Lipinski definition) is 6. The molecule has 0 saturated heterocycles. The van der Waals surface area contributed by atoms with Gasteiger partial charge < -0.3 is 10.1 Å². The Kier molecular flexibility index (Phi) is 6.73. The molecule has 1 N–H and O–H groups in total. The van der Waals surface area contributed by atoms with E-state index >= 15 is 0 Å². The number of methoxy groups -OCH3 is 1. The Labute approximate surface area is 167 Å². The molecule has 1 amide bonds. The van der Waals surface area contributed by atoms with Crippen molar-refractivity contribution in [2.75, 3.05) is 20.3 Å². The molecule has 8 heteroatoms. The molecule has 0 radical (unpaired) electrons. The average Bonchev–Trinajstić information content (AvgIpc) is 3.03. The topological polar surface area (TPSA) is 73.2 Å². The first kappa shape index (κ1) is 20.1. The molecule has 1 aliphatic carbocycles. The van der Waals surface area contributed by atoms with Crippen LogP contribution < -0.4 is 10.9 Å². The highest BCUT2D eigenvalue weighted by Crippen LogP contribution is 2.35. The number of thioether (sulfide) groups is 1. The molecule has 0 spiro atoms. The minimum Gasteiger partial charge on any atom is -0.383 e. The van der Waals surface area contributed by atoms with Gasteiger partial charge in [0.1, 0.15) is 4.83 Å². The number of nitrogens with zero attached hydrogens (tertiary/aromatic N) is 2. The van der Waals surface area contributed by atoms with E-state index in [0.29, 0.717) is 24.9 Å². The first-order valence-electron chi connectivity index (χ1n) is 9.16. The third-order valence-electron chi connectivity index (χ3n) is 4.61. The molecule has 1 atom stereocenters. The van der Waals surface area contributed by atoms with Gasteiger partial charge in [0.05, 0.1) is 17.2 Å². The fourth-order valence-electron chi connectivity index (χ4n) is 3.23. The third kappa shape index (κ3) is 4.28. The van der Waals surface area contributed by atoms with Crippen molar-refractivity contribution < 1.29 is 9.53 Å². The number of aromatic nitrogens is 2. The lowest BCUT2D eigenvalue weighted by Gasteiger charge is -2.15. The van der Waals surface area contributed by atoms with Crippen molar-refractivity contribution in [1.82, 2.24) is 14.9 Å². The van der Waals surface area contributed by atoms with E-state index in [0.717, 1.165) is 29.5 Å². The van der Waals surface area contributed by atoms with Crippen molar-refractivity contribution in [1.29, 1.82) is 0 Å². The number of ether oxygens (including phenoxy) is 1. The van der Waals surface area contributed by atoms with E-state index in [1.807, 2.05) is 6.92 Å². The quantitative estimate of drug-likeness (QED) is 0.315. The summed E-state index contributed by atoms with van der Waals surface area (Å²) in [5.41, 5.74) is 1.16. The maximum absolute atomic E-state index is 13.2. The number of thiophene rings is 1. The number of aryl methyl sites for hydroxylation is 2. The molecule has 2 aromatic rings. The maximum Gasteiger partial charge on any atom is 0.263 e. The fraction of sp³-hybridized carbons (Fsp3) is 0.526. The molecular formula is C19H25N3O3S2. The minimum atomic E-state index is -0.364. The number of nitrogens with one attached hydrogen (secondary N) is 1. The monoisotopic (exact) mass is 407 g/mol. The molecule has 3 rings (SSSR count). The molecule has 6 nitrogen and oxygen atoms in total.